The van der Waals surface area contributed by atoms with Crippen LogP contribution in [0.25, 0.3) is 11.2 Å². The summed E-state index contributed by atoms with van der Waals surface area (Å²) in [5.41, 5.74) is 2.48. The second kappa shape index (κ2) is 4.42. The average Bonchev–Trinajstić information content (AvgIpc) is 2.87. The Bertz CT molecular complexity index is 648. The maximum Gasteiger partial charge on any atom is 0.182 e. The monoisotopic (exact) mass is 240 g/mol. The molecule has 2 aromatic heterocycles. The predicted molar refractivity (Wildman–Crippen MR) is 68.5 cm³/mol. The number of rotatable bonds is 3. The third-order valence-corrected chi connectivity index (χ3v) is 2.67. The SMILES string of the molecule is NN(Cc1ccccc1)c1ncnc2nc[nH]c12. The molecule has 1 aromatic carbocycles. The summed E-state index contributed by atoms with van der Waals surface area (Å²) in [6.45, 7) is 0.575. The fraction of sp³-hybridized carbons (Fsp3) is 0.0833. The number of imidazole rings is 1. The Morgan fingerprint density at radius 2 is 1.94 bits per heavy atom. The van der Waals surface area contributed by atoms with Crippen LogP contribution in [-0.2, 0) is 6.54 Å². The number of hydrogen-bond donors (Lipinski definition) is 2. The normalized spacial score (nSPS) is 10.7. The number of hydrazine groups is 1. The Morgan fingerprint density at radius 3 is 2.78 bits per heavy atom. The first-order valence-electron chi connectivity index (χ1n) is 5.55. The zero-order valence-corrected chi connectivity index (χ0v) is 9.61. The van der Waals surface area contributed by atoms with E-state index in [1.807, 2.05) is 30.3 Å². The molecular weight excluding hydrogens is 228 g/mol. The van der Waals surface area contributed by atoms with E-state index in [9.17, 15) is 0 Å². The van der Waals surface area contributed by atoms with E-state index in [1.54, 1.807) is 11.3 Å². The van der Waals surface area contributed by atoms with Crippen LogP contribution in [0.15, 0.2) is 43.0 Å². The Morgan fingerprint density at radius 1 is 1.11 bits per heavy atom. The molecule has 0 radical (unpaired) electrons. The van der Waals surface area contributed by atoms with Crippen LogP contribution in [0, 0.1) is 0 Å². The van der Waals surface area contributed by atoms with Gasteiger partial charge in [-0.2, -0.15) is 0 Å². The molecule has 3 rings (SSSR count). The first-order valence-corrected chi connectivity index (χ1v) is 5.55. The molecule has 0 saturated heterocycles. The average molecular weight is 240 g/mol. The van der Waals surface area contributed by atoms with Gasteiger partial charge in [0, 0.05) is 0 Å². The minimum Gasteiger partial charge on any atom is -0.340 e. The van der Waals surface area contributed by atoms with Crippen LogP contribution < -0.4 is 10.9 Å². The molecule has 0 aliphatic heterocycles. The first-order chi connectivity index (χ1) is 8.84. The molecule has 0 spiro atoms. The van der Waals surface area contributed by atoms with Crippen molar-refractivity contribution < 1.29 is 0 Å². The molecule has 3 aromatic rings. The highest BCUT2D eigenvalue weighted by Gasteiger charge is 2.11. The van der Waals surface area contributed by atoms with Crippen molar-refractivity contribution in [2.24, 2.45) is 5.84 Å². The van der Waals surface area contributed by atoms with Gasteiger partial charge >= 0.3 is 0 Å². The van der Waals surface area contributed by atoms with Crippen LogP contribution in [0.1, 0.15) is 5.56 Å². The summed E-state index contributed by atoms with van der Waals surface area (Å²) in [6.07, 6.45) is 3.04. The lowest BCUT2D eigenvalue weighted by Crippen LogP contribution is -2.31. The van der Waals surface area contributed by atoms with E-state index in [1.165, 1.54) is 6.33 Å². The van der Waals surface area contributed by atoms with Crippen molar-refractivity contribution in [1.82, 2.24) is 19.9 Å². The maximum absolute atomic E-state index is 6.05. The summed E-state index contributed by atoms with van der Waals surface area (Å²) in [6, 6.07) is 9.97. The molecule has 6 heteroatoms. The molecular formula is C12H12N6. The number of nitrogens with zero attached hydrogens (tertiary/aromatic N) is 4. The lowest BCUT2D eigenvalue weighted by atomic mass is 10.2. The summed E-state index contributed by atoms with van der Waals surface area (Å²) < 4.78 is 0. The van der Waals surface area contributed by atoms with Gasteiger partial charge in [-0.1, -0.05) is 30.3 Å². The van der Waals surface area contributed by atoms with Crippen molar-refractivity contribution in [1.29, 1.82) is 0 Å². The van der Waals surface area contributed by atoms with Crippen molar-refractivity contribution >= 4 is 17.0 Å². The molecule has 0 saturated carbocycles. The summed E-state index contributed by atoms with van der Waals surface area (Å²) in [5.74, 6) is 6.69. The minimum atomic E-state index is 0.575. The maximum atomic E-state index is 6.05. The van der Waals surface area contributed by atoms with Gasteiger partial charge in [-0.15, -0.1) is 0 Å². The second-order valence-corrected chi connectivity index (χ2v) is 3.91. The smallest absolute Gasteiger partial charge is 0.182 e. The first kappa shape index (κ1) is 10.7. The number of aromatic amines is 1. The highest BCUT2D eigenvalue weighted by molar-refractivity contribution is 5.82. The van der Waals surface area contributed by atoms with Crippen LogP contribution >= 0.6 is 0 Å². The minimum absolute atomic E-state index is 0.575. The topological polar surface area (TPSA) is 83.7 Å². The molecule has 0 bridgehead atoms. The molecule has 18 heavy (non-hydrogen) atoms. The predicted octanol–water partition coefficient (Wildman–Crippen LogP) is 1.23. The van der Waals surface area contributed by atoms with E-state index in [0.717, 1.165) is 11.1 Å². The summed E-state index contributed by atoms with van der Waals surface area (Å²) in [7, 11) is 0. The van der Waals surface area contributed by atoms with E-state index in [0.29, 0.717) is 18.0 Å². The van der Waals surface area contributed by atoms with Crippen LogP contribution in [-0.4, -0.2) is 19.9 Å². The molecule has 0 aliphatic rings. The van der Waals surface area contributed by atoms with Gasteiger partial charge in [-0.05, 0) is 5.56 Å². The number of nitrogens with two attached hydrogens (primary N) is 1. The number of hydrogen-bond acceptors (Lipinski definition) is 5. The van der Waals surface area contributed by atoms with Gasteiger partial charge in [0.25, 0.3) is 0 Å². The number of fused-ring (bicyclic) bond motifs is 1. The van der Waals surface area contributed by atoms with Gasteiger partial charge in [-0.3, -0.25) is 5.01 Å². The molecule has 2 heterocycles. The fourth-order valence-electron chi connectivity index (χ4n) is 1.83. The zero-order chi connectivity index (χ0) is 12.4. The molecule has 3 N–H and O–H groups in total. The van der Waals surface area contributed by atoms with Crippen molar-refractivity contribution in [2.75, 3.05) is 5.01 Å². The summed E-state index contributed by atoms with van der Waals surface area (Å²) >= 11 is 0. The van der Waals surface area contributed by atoms with E-state index in [2.05, 4.69) is 19.9 Å². The second-order valence-electron chi connectivity index (χ2n) is 3.91. The number of benzene rings is 1. The Hall–Kier alpha value is -2.47. The van der Waals surface area contributed by atoms with Crippen molar-refractivity contribution in [3.8, 4) is 0 Å². The van der Waals surface area contributed by atoms with E-state index >= 15 is 0 Å². The third kappa shape index (κ3) is 1.89. The largest absolute Gasteiger partial charge is 0.340 e. The van der Waals surface area contributed by atoms with Crippen LogP contribution in [0.4, 0.5) is 5.82 Å². The van der Waals surface area contributed by atoms with E-state index < -0.39 is 0 Å². The quantitative estimate of drug-likeness (QED) is 0.531. The molecule has 90 valence electrons. The third-order valence-electron chi connectivity index (χ3n) is 2.67. The Balaban J connectivity index is 1.92. The fourth-order valence-corrected chi connectivity index (χ4v) is 1.83. The summed E-state index contributed by atoms with van der Waals surface area (Å²) in [4.78, 5) is 15.3. The molecule has 0 fully saturated rings. The Labute approximate surface area is 103 Å². The van der Waals surface area contributed by atoms with Crippen LogP contribution in [0.2, 0.25) is 0 Å². The van der Waals surface area contributed by atoms with Crippen molar-refractivity contribution in [2.45, 2.75) is 6.54 Å². The van der Waals surface area contributed by atoms with Crippen LogP contribution in [0.5, 0.6) is 0 Å². The van der Waals surface area contributed by atoms with Gasteiger partial charge < -0.3 is 4.98 Å². The lowest BCUT2D eigenvalue weighted by molar-refractivity contribution is 0.833. The van der Waals surface area contributed by atoms with Gasteiger partial charge in [0.1, 0.15) is 11.8 Å². The van der Waals surface area contributed by atoms with Gasteiger partial charge in [0.15, 0.2) is 11.5 Å². The summed E-state index contributed by atoms with van der Waals surface area (Å²) in [5, 5.41) is 1.58. The number of H-pyrrole nitrogens is 1. The standard InChI is InChI=1S/C12H12N6/c13-18(6-9-4-2-1-3-5-9)12-10-11(15-7-14-10)16-8-17-12/h1-5,7-8H,6,13H2,(H,14,15,16,17). The zero-order valence-electron chi connectivity index (χ0n) is 9.61. The van der Waals surface area contributed by atoms with Crippen molar-refractivity contribution in [3.63, 3.8) is 0 Å². The van der Waals surface area contributed by atoms with Gasteiger partial charge in [0.2, 0.25) is 0 Å². The highest BCUT2D eigenvalue weighted by atomic mass is 15.4. The molecule has 0 amide bonds. The lowest BCUT2D eigenvalue weighted by Gasteiger charge is -2.17. The van der Waals surface area contributed by atoms with E-state index in [4.69, 9.17) is 5.84 Å². The highest BCUT2D eigenvalue weighted by Crippen LogP contribution is 2.18. The van der Waals surface area contributed by atoms with Gasteiger partial charge in [0.05, 0.1) is 12.9 Å². The molecule has 0 aliphatic carbocycles. The molecule has 6 nitrogen and oxygen atoms in total. The van der Waals surface area contributed by atoms with E-state index in [-0.39, 0.29) is 0 Å². The van der Waals surface area contributed by atoms with Crippen molar-refractivity contribution in [3.05, 3.63) is 48.5 Å². The van der Waals surface area contributed by atoms with Gasteiger partial charge in [-0.25, -0.2) is 20.8 Å². The molecule has 0 unspecified atom stereocenters. The Kier molecular flexibility index (Phi) is 2.62. The molecule has 0 atom stereocenters. The number of aromatic nitrogens is 4. The number of nitrogens with one attached hydrogen (secondary N) is 1. The number of anilines is 1. The van der Waals surface area contributed by atoms with Crippen LogP contribution in [0.3, 0.4) is 0 Å².